The lowest BCUT2D eigenvalue weighted by molar-refractivity contribution is -0.161. The number of allylic oxidation sites excluding steroid dienone is 22. The highest BCUT2D eigenvalue weighted by atomic mass is 31.2. The summed E-state index contributed by atoms with van der Waals surface area (Å²) in [4.78, 5) is 58.9. The standard InChI is InChI=1S/C97H170O16P2/c1-4-7-10-13-16-19-22-25-28-30-32-34-36-38-40-42-44-45-47-49-50-52-54-56-58-60-63-65-68-71-74-77-80-83-95(100)107-86-92(98)87-109-114(103,104)110-88-93(99)89-111-115(105,106)112-91-94(113-97(102)85-82-79-76-73-70-67-62-27-24-21-18-15-12-9-6-3)90-108-96(101)84-81-78-75-72-69-66-64-61-59-57-55-53-51-48-46-43-41-39-37-35-33-31-29-26-23-20-17-14-11-8-5-2/h7,10,16-21,25-29,32-35,38-41,62,92-94,98-99H,4-6,8-9,11-15,22-24,30-31,36-37,42-61,63-91H2,1-3H3,(H,103,104)(H,105,106)/b10-7-,19-16-,20-17-,21-18-,28-25-,29-26-,34-32-,35-33-,40-38-,41-39-,62-27-. The van der Waals surface area contributed by atoms with Gasteiger partial charge in [0.2, 0.25) is 0 Å². The van der Waals surface area contributed by atoms with Crippen molar-refractivity contribution < 1.29 is 75.8 Å². The van der Waals surface area contributed by atoms with Crippen molar-refractivity contribution in [2.45, 2.75) is 424 Å². The molecule has 0 spiro atoms. The molecular formula is C97H170O16P2. The van der Waals surface area contributed by atoms with E-state index in [4.69, 9.17) is 32.3 Å². The SMILES string of the molecule is CC/C=C\C/C=C\C/C=C\C/C=C\C/C=C\CCCCCCCCCCCCCCCCCCCC(=O)OCC(O)COP(=O)(O)OCC(O)COP(=O)(O)OCC(COC(=O)CCCCCCCCCCCCCCCCC/C=C\C/C=C\C/C=C\C/C=C\CCCCC)OC(=O)CCCCCCC/C=C\C/C=C\CCCCC. The molecule has 5 unspecified atom stereocenters. The molecule has 664 valence electrons. The zero-order valence-electron chi connectivity index (χ0n) is 73.2. The van der Waals surface area contributed by atoms with Crippen LogP contribution in [0.15, 0.2) is 134 Å². The van der Waals surface area contributed by atoms with Crippen molar-refractivity contribution in [2.75, 3.05) is 39.6 Å². The second-order valence-corrected chi connectivity index (χ2v) is 34.0. The van der Waals surface area contributed by atoms with Crippen LogP contribution >= 0.6 is 15.6 Å². The number of carbonyl (C=O) groups is 3. The average molecular weight is 1650 g/mol. The maximum atomic E-state index is 13.0. The Morgan fingerprint density at radius 2 is 0.461 bits per heavy atom. The van der Waals surface area contributed by atoms with Gasteiger partial charge in [0, 0.05) is 19.3 Å². The van der Waals surface area contributed by atoms with Crippen LogP contribution in [-0.2, 0) is 55.8 Å². The van der Waals surface area contributed by atoms with E-state index in [0.717, 1.165) is 135 Å². The Hall–Kier alpha value is -4.31. The maximum absolute atomic E-state index is 13.0. The van der Waals surface area contributed by atoms with Gasteiger partial charge >= 0.3 is 33.6 Å². The molecule has 18 heteroatoms. The number of rotatable bonds is 88. The summed E-state index contributed by atoms with van der Waals surface area (Å²) in [5.41, 5.74) is 0. The summed E-state index contributed by atoms with van der Waals surface area (Å²) in [5, 5.41) is 20.7. The van der Waals surface area contributed by atoms with Gasteiger partial charge in [0.25, 0.3) is 0 Å². The predicted molar refractivity (Wildman–Crippen MR) is 482 cm³/mol. The highest BCUT2D eigenvalue weighted by Gasteiger charge is 2.29. The molecule has 0 bridgehead atoms. The Kier molecular flexibility index (Phi) is 85.6. The minimum atomic E-state index is -4.94. The van der Waals surface area contributed by atoms with E-state index in [1.165, 1.54) is 212 Å². The second-order valence-electron chi connectivity index (χ2n) is 31.1. The van der Waals surface area contributed by atoms with Crippen LogP contribution in [0.25, 0.3) is 0 Å². The molecule has 0 aliphatic heterocycles. The third-order valence-corrected chi connectivity index (χ3v) is 21.7. The first-order valence-corrected chi connectivity index (χ1v) is 49.5. The normalized spacial score (nSPS) is 14.4. The summed E-state index contributed by atoms with van der Waals surface area (Å²) in [6.07, 6.45) is 111. The molecule has 0 radical (unpaired) electrons. The summed E-state index contributed by atoms with van der Waals surface area (Å²) < 4.78 is 61.4. The molecule has 0 amide bonds. The molecule has 0 fully saturated rings. The molecule has 16 nitrogen and oxygen atoms in total. The number of aliphatic hydroxyl groups excluding tert-OH is 2. The lowest BCUT2D eigenvalue weighted by Crippen LogP contribution is -2.30. The minimum Gasteiger partial charge on any atom is -0.463 e. The third kappa shape index (κ3) is 90.3. The van der Waals surface area contributed by atoms with Crippen LogP contribution in [0.2, 0.25) is 0 Å². The van der Waals surface area contributed by atoms with E-state index in [-0.39, 0.29) is 19.3 Å². The molecule has 0 aromatic heterocycles. The van der Waals surface area contributed by atoms with Gasteiger partial charge in [-0.15, -0.1) is 0 Å². The Bertz CT molecular complexity index is 2620. The molecule has 0 aromatic rings. The van der Waals surface area contributed by atoms with E-state index >= 15 is 0 Å². The lowest BCUT2D eigenvalue weighted by atomic mass is 10.0. The third-order valence-electron chi connectivity index (χ3n) is 19.8. The highest BCUT2D eigenvalue weighted by Crippen LogP contribution is 2.45. The van der Waals surface area contributed by atoms with E-state index in [1.54, 1.807) is 0 Å². The van der Waals surface area contributed by atoms with Crippen LogP contribution in [0.5, 0.6) is 0 Å². The number of unbranched alkanes of at least 4 members (excludes halogenated alkanes) is 43. The number of aliphatic hydroxyl groups is 2. The lowest BCUT2D eigenvalue weighted by Gasteiger charge is -2.21. The van der Waals surface area contributed by atoms with Gasteiger partial charge in [0.15, 0.2) is 6.10 Å². The topological polar surface area (TPSA) is 231 Å². The van der Waals surface area contributed by atoms with Crippen LogP contribution in [-0.4, -0.2) is 95.9 Å². The summed E-state index contributed by atoms with van der Waals surface area (Å²) in [5.74, 6) is -1.57. The van der Waals surface area contributed by atoms with Gasteiger partial charge in [-0.3, -0.25) is 32.5 Å². The quantitative estimate of drug-likeness (QED) is 0.0146. The fourth-order valence-corrected chi connectivity index (χ4v) is 14.4. The molecule has 0 saturated carbocycles. The first-order valence-electron chi connectivity index (χ1n) is 46.5. The van der Waals surface area contributed by atoms with Gasteiger partial charge in [-0.1, -0.05) is 379 Å². The van der Waals surface area contributed by atoms with Gasteiger partial charge in [0.05, 0.1) is 26.4 Å². The predicted octanol–water partition coefficient (Wildman–Crippen LogP) is 28.6. The number of ether oxygens (including phenoxy) is 3. The minimum absolute atomic E-state index is 0.0889. The molecule has 115 heavy (non-hydrogen) atoms. The molecule has 0 aromatic carbocycles. The molecule has 0 aliphatic rings. The van der Waals surface area contributed by atoms with Crippen molar-refractivity contribution in [2.24, 2.45) is 0 Å². The molecule has 0 aliphatic carbocycles. The van der Waals surface area contributed by atoms with Gasteiger partial charge < -0.3 is 34.2 Å². The Balaban J connectivity index is 4.44. The van der Waals surface area contributed by atoms with Crippen molar-refractivity contribution in [3.8, 4) is 0 Å². The number of esters is 3. The molecular weight excluding hydrogens is 1480 g/mol. The molecule has 0 saturated heterocycles. The maximum Gasteiger partial charge on any atom is 0.472 e. The van der Waals surface area contributed by atoms with Crippen LogP contribution < -0.4 is 0 Å². The zero-order valence-corrected chi connectivity index (χ0v) is 75.0. The smallest absolute Gasteiger partial charge is 0.463 e. The van der Waals surface area contributed by atoms with Crippen molar-refractivity contribution in [3.05, 3.63) is 134 Å². The molecule has 0 rings (SSSR count). The van der Waals surface area contributed by atoms with E-state index in [9.17, 15) is 43.5 Å². The van der Waals surface area contributed by atoms with Crippen LogP contribution in [0, 0.1) is 0 Å². The fourth-order valence-electron chi connectivity index (χ4n) is 12.8. The molecule has 5 atom stereocenters. The Morgan fingerprint density at radius 3 is 0.730 bits per heavy atom. The van der Waals surface area contributed by atoms with Crippen LogP contribution in [0.3, 0.4) is 0 Å². The second kappa shape index (κ2) is 89.0. The zero-order chi connectivity index (χ0) is 83.6. The van der Waals surface area contributed by atoms with E-state index in [1.807, 2.05) is 0 Å². The highest BCUT2D eigenvalue weighted by molar-refractivity contribution is 7.47. The fraction of sp³-hybridized carbons (Fsp3) is 0.742. The number of carbonyl (C=O) groups excluding carboxylic acids is 3. The van der Waals surface area contributed by atoms with E-state index in [0.29, 0.717) is 19.3 Å². The number of phosphoric ester groups is 2. The average Bonchev–Trinajstić information content (AvgIpc) is 0.898. The first-order chi connectivity index (χ1) is 56.2. The van der Waals surface area contributed by atoms with Crippen molar-refractivity contribution >= 4 is 33.6 Å². The molecule has 0 heterocycles. The number of hydrogen-bond acceptors (Lipinski definition) is 14. The van der Waals surface area contributed by atoms with E-state index < -0.39 is 91.5 Å². The Morgan fingerprint density at radius 1 is 0.252 bits per heavy atom. The van der Waals surface area contributed by atoms with Crippen molar-refractivity contribution in [1.29, 1.82) is 0 Å². The van der Waals surface area contributed by atoms with Gasteiger partial charge in [0.1, 0.15) is 25.4 Å². The van der Waals surface area contributed by atoms with Gasteiger partial charge in [-0.2, -0.15) is 0 Å². The largest absolute Gasteiger partial charge is 0.472 e. The summed E-state index contributed by atoms with van der Waals surface area (Å²) in [6.45, 7) is 2.56. The van der Waals surface area contributed by atoms with E-state index in [2.05, 4.69) is 154 Å². The monoisotopic (exact) mass is 1650 g/mol. The van der Waals surface area contributed by atoms with Gasteiger partial charge in [-0.25, -0.2) is 9.13 Å². The summed E-state index contributed by atoms with van der Waals surface area (Å²) in [7, 11) is -9.80. The Labute approximate surface area is 703 Å². The van der Waals surface area contributed by atoms with Crippen molar-refractivity contribution in [1.82, 2.24) is 0 Å². The van der Waals surface area contributed by atoms with Crippen molar-refractivity contribution in [3.63, 3.8) is 0 Å². The summed E-state index contributed by atoms with van der Waals surface area (Å²) in [6, 6.07) is 0. The number of phosphoric acid groups is 2. The van der Waals surface area contributed by atoms with Gasteiger partial charge in [-0.05, 0) is 141 Å². The van der Waals surface area contributed by atoms with Crippen LogP contribution in [0.4, 0.5) is 0 Å². The molecule has 4 N–H and O–H groups in total. The van der Waals surface area contributed by atoms with Crippen LogP contribution in [0.1, 0.15) is 406 Å². The number of hydrogen-bond donors (Lipinski definition) is 4. The first kappa shape index (κ1) is 111. The summed E-state index contributed by atoms with van der Waals surface area (Å²) >= 11 is 0.